The van der Waals surface area contributed by atoms with Gasteiger partial charge < -0.3 is 14.6 Å². The topological polar surface area (TPSA) is 38.7 Å². The smallest absolute Gasteiger partial charge is 0.421 e. The van der Waals surface area contributed by atoms with Crippen LogP contribution in [0.5, 0.6) is 11.5 Å². The number of aliphatic hydroxyl groups is 1. The first-order chi connectivity index (χ1) is 10.1. The third-order valence-corrected chi connectivity index (χ3v) is 3.03. The van der Waals surface area contributed by atoms with Gasteiger partial charge in [-0.2, -0.15) is 13.2 Å². The highest BCUT2D eigenvalue weighted by molar-refractivity contribution is 5.46. The molecule has 0 saturated heterocycles. The zero-order valence-corrected chi connectivity index (χ0v) is 12.8. The number of hydrogen-bond acceptors (Lipinski definition) is 3. The van der Waals surface area contributed by atoms with Gasteiger partial charge in [0.25, 0.3) is 0 Å². The van der Waals surface area contributed by atoms with Crippen LogP contribution < -0.4 is 9.47 Å². The van der Waals surface area contributed by atoms with Crippen LogP contribution in [0.15, 0.2) is 12.1 Å². The van der Waals surface area contributed by atoms with Crippen molar-refractivity contribution < 1.29 is 32.1 Å². The summed E-state index contributed by atoms with van der Waals surface area (Å²) in [5.74, 6) is -1.19. The highest BCUT2D eigenvalue weighted by Gasteiger charge is 2.52. The number of alkyl halides is 3. The van der Waals surface area contributed by atoms with E-state index in [-0.39, 0.29) is 24.7 Å². The van der Waals surface area contributed by atoms with Gasteiger partial charge in [-0.15, -0.1) is 0 Å². The van der Waals surface area contributed by atoms with Crippen LogP contribution in [0.2, 0.25) is 0 Å². The zero-order valence-electron chi connectivity index (χ0n) is 12.8. The molecule has 7 heteroatoms. The standard InChI is InChI=1S/C15H20F4O3/c1-4-6-21-12-8-10(14(3,20)15(17,18)19)11(16)9-13(12)22-7-5-2/h8-9,20H,4-7H2,1-3H3. The molecule has 0 radical (unpaired) electrons. The summed E-state index contributed by atoms with van der Waals surface area (Å²) in [5.41, 5.74) is -4.21. The molecule has 0 heterocycles. The van der Waals surface area contributed by atoms with Crippen molar-refractivity contribution in [2.75, 3.05) is 13.2 Å². The Hall–Kier alpha value is -1.50. The fourth-order valence-electron chi connectivity index (χ4n) is 1.71. The van der Waals surface area contributed by atoms with Gasteiger partial charge in [-0.05, 0) is 25.8 Å². The lowest BCUT2D eigenvalue weighted by molar-refractivity contribution is -0.259. The number of rotatable bonds is 7. The first-order valence-corrected chi connectivity index (χ1v) is 7.03. The molecule has 1 aromatic carbocycles. The average molecular weight is 324 g/mol. The van der Waals surface area contributed by atoms with E-state index in [1.54, 1.807) is 0 Å². The molecule has 1 unspecified atom stereocenters. The van der Waals surface area contributed by atoms with Crippen molar-refractivity contribution in [3.8, 4) is 11.5 Å². The van der Waals surface area contributed by atoms with Crippen LogP contribution in [0, 0.1) is 5.82 Å². The summed E-state index contributed by atoms with van der Waals surface area (Å²) >= 11 is 0. The molecule has 22 heavy (non-hydrogen) atoms. The molecule has 1 N–H and O–H groups in total. The van der Waals surface area contributed by atoms with Crippen molar-refractivity contribution in [2.24, 2.45) is 0 Å². The van der Waals surface area contributed by atoms with Crippen molar-refractivity contribution in [2.45, 2.75) is 45.4 Å². The molecule has 0 aliphatic heterocycles. The Morgan fingerprint density at radius 1 is 1.00 bits per heavy atom. The molecule has 0 amide bonds. The summed E-state index contributed by atoms with van der Waals surface area (Å²) in [5, 5.41) is 9.66. The Morgan fingerprint density at radius 2 is 1.45 bits per heavy atom. The number of halogens is 4. The Morgan fingerprint density at radius 3 is 1.86 bits per heavy atom. The zero-order chi connectivity index (χ0) is 17.0. The lowest BCUT2D eigenvalue weighted by atomic mass is 9.94. The monoisotopic (exact) mass is 324 g/mol. The minimum atomic E-state index is -5.01. The fraction of sp³-hybridized carbons (Fsp3) is 0.600. The maximum absolute atomic E-state index is 14.0. The molecule has 3 nitrogen and oxygen atoms in total. The molecule has 1 aromatic rings. The summed E-state index contributed by atoms with van der Waals surface area (Å²) in [6.07, 6.45) is -3.74. The predicted molar refractivity (Wildman–Crippen MR) is 73.6 cm³/mol. The lowest BCUT2D eigenvalue weighted by Gasteiger charge is -2.28. The molecule has 0 saturated carbocycles. The van der Waals surface area contributed by atoms with Crippen molar-refractivity contribution in [1.29, 1.82) is 0 Å². The first-order valence-electron chi connectivity index (χ1n) is 7.03. The van der Waals surface area contributed by atoms with Gasteiger partial charge in [-0.25, -0.2) is 4.39 Å². The van der Waals surface area contributed by atoms with Gasteiger partial charge in [-0.3, -0.25) is 0 Å². The van der Waals surface area contributed by atoms with Gasteiger partial charge in [0.15, 0.2) is 17.1 Å². The maximum atomic E-state index is 14.0. The molecule has 0 spiro atoms. The highest BCUT2D eigenvalue weighted by atomic mass is 19.4. The molecule has 1 atom stereocenters. The summed E-state index contributed by atoms with van der Waals surface area (Å²) in [7, 11) is 0. The van der Waals surface area contributed by atoms with Crippen LogP contribution in [0.3, 0.4) is 0 Å². The van der Waals surface area contributed by atoms with Gasteiger partial charge in [0, 0.05) is 11.6 Å². The van der Waals surface area contributed by atoms with Crippen molar-refractivity contribution in [3.05, 3.63) is 23.5 Å². The van der Waals surface area contributed by atoms with E-state index >= 15 is 0 Å². The van der Waals surface area contributed by atoms with E-state index in [0.717, 1.165) is 12.1 Å². The Labute approximate surface area is 126 Å². The Kier molecular flexibility index (Phi) is 6.05. The van der Waals surface area contributed by atoms with E-state index in [4.69, 9.17) is 9.47 Å². The minimum Gasteiger partial charge on any atom is -0.490 e. The lowest BCUT2D eigenvalue weighted by Crippen LogP contribution is -2.40. The molecule has 0 aliphatic carbocycles. The first kappa shape index (κ1) is 18.5. The summed E-state index contributed by atoms with van der Waals surface area (Å²) < 4.78 is 63.3. The van der Waals surface area contributed by atoms with Gasteiger partial charge in [0.05, 0.1) is 13.2 Å². The van der Waals surface area contributed by atoms with Crippen LogP contribution in [-0.4, -0.2) is 24.5 Å². The second-order valence-electron chi connectivity index (χ2n) is 5.05. The highest BCUT2D eigenvalue weighted by Crippen LogP contribution is 2.43. The van der Waals surface area contributed by atoms with Crippen LogP contribution >= 0.6 is 0 Å². The van der Waals surface area contributed by atoms with Gasteiger partial charge in [-0.1, -0.05) is 13.8 Å². The van der Waals surface area contributed by atoms with Crippen molar-refractivity contribution in [1.82, 2.24) is 0 Å². The van der Waals surface area contributed by atoms with Crippen LogP contribution in [0.1, 0.15) is 39.2 Å². The fourth-order valence-corrected chi connectivity index (χ4v) is 1.71. The van der Waals surface area contributed by atoms with E-state index in [0.29, 0.717) is 19.8 Å². The number of benzene rings is 1. The Bertz CT molecular complexity index is 498. The molecule has 0 aliphatic rings. The molecular formula is C15H20F4O3. The largest absolute Gasteiger partial charge is 0.490 e. The quantitative estimate of drug-likeness (QED) is 0.765. The molecule has 0 aromatic heterocycles. The Balaban J connectivity index is 3.30. The summed E-state index contributed by atoms with van der Waals surface area (Å²) in [6, 6.07) is 1.67. The summed E-state index contributed by atoms with van der Waals surface area (Å²) in [4.78, 5) is 0. The second-order valence-corrected chi connectivity index (χ2v) is 5.05. The number of ether oxygens (including phenoxy) is 2. The third-order valence-electron chi connectivity index (χ3n) is 3.03. The molecule has 0 bridgehead atoms. The second kappa shape index (κ2) is 7.17. The van der Waals surface area contributed by atoms with E-state index in [1.807, 2.05) is 13.8 Å². The third kappa shape index (κ3) is 4.03. The SMILES string of the molecule is CCCOc1cc(F)c(C(C)(O)C(F)(F)F)cc1OCCC. The predicted octanol–water partition coefficient (Wildman–Crippen LogP) is 4.17. The molecule has 0 fully saturated rings. The summed E-state index contributed by atoms with van der Waals surface area (Å²) in [6.45, 7) is 4.68. The minimum absolute atomic E-state index is 0.0174. The van der Waals surface area contributed by atoms with Gasteiger partial charge >= 0.3 is 6.18 Å². The van der Waals surface area contributed by atoms with Crippen LogP contribution in [0.4, 0.5) is 17.6 Å². The van der Waals surface area contributed by atoms with Crippen LogP contribution in [-0.2, 0) is 5.60 Å². The van der Waals surface area contributed by atoms with E-state index < -0.39 is 23.2 Å². The number of hydrogen-bond donors (Lipinski definition) is 1. The van der Waals surface area contributed by atoms with E-state index in [9.17, 15) is 22.7 Å². The molecular weight excluding hydrogens is 304 g/mol. The van der Waals surface area contributed by atoms with E-state index in [2.05, 4.69) is 0 Å². The van der Waals surface area contributed by atoms with Gasteiger partial charge in [0.2, 0.25) is 0 Å². The van der Waals surface area contributed by atoms with Gasteiger partial charge in [0.1, 0.15) is 5.82 Å². The van der Waals surface area contributed by atoms with Crippen molar-refractivity contribution in [3.63, 3.8) is 0 Å². The molecule has 1 rings (SSSR count). The maximum Gasteiger partial charge on any atom is 0.421 e. The van der Waals surface area contributed by atoms with Crippen LogP contribution in [0.25, 0.3) is 0 Å². The average Bonchev–Trinajstić information content (AvgIpc) is 2.42. The van der Waals surface area contributed by atoms with E-state index in [1.165, 1.54) is 0 Å². The van der Waals surface area contributed by atoms with Crippen molar-refractivity contribution >= 4 is 0 Å². The molecule has 126 valence electrons. The normalized spacial score (nSPS) is 14.5.